The Bertz CT molecular complexity index is 492. The normalized spacial score (nSPS) is 10.2. The zero-order valence-electron chi connectivity index (χ0n) is 7.49. The van der Waals surface area contributed by atoms with Gasteiger partial charge in [-0.25, -0.2) is 9.97 Å². The number of H-pyrrole nitrogens is 2. The van der Waals surface area contributed by atoms with Crippen LogP contribution in [0.2, 0.25) is 0 Å². The maximum absolute atomic E-state index is 11.2. The number of rotatable bonds is 3. The maximum Gasteiger partial charge on any atom is 0.267 e. The molecule has 0 radical (unpaired) electrons. The molecule has 3 N–H and O–H groups in total. The molecule has 78 valence electrons. The molecular weight excluding hydrogens is 264 g/mol. The quantitative estimate of drug-likeness (QED) is 0.743. The second kappa shape index (κ2) is 4.22. The summed E-state index contributed by atoms with van der Waals surface area (Å²) in [6, 6.07) is 0. The first-order chi connectivity index (χ1) is 7.27. The Labute approximate surface area is 92.5 Å². The lowest BCUT2D eigenvalue weighted by Gasteiger charge is -2.03. The minimum absolute atomic E-state index is 0.231. The van der Waals surface area contributed by atoms with Crippen molar-refractivity contribution >= 4 is 21.7 Å². The Morgan fingerprint density at radius 2 is 2.33 bits per heavy atom. The summed E-state index contributed by atoms with van der Waals surface area (Å²) >= 11 is 3.13. The number of anilines is 1. The van der Waals surface area contributed by atoms with E-state index < -0.39 is 0 Å². The second-order valence-electron chi connectivity index (χ2n) is 2.68. The van der Waals surface area contributed by atoms with Gasteiger partial charge in [-0.2, -0.15) is 5.10 Å². The fraction of sp³-hybridized carbons (Fsp3) is 0.143. The lowest BCUT2D eigenvalue weighted by molar-refractivity contribution is 0.940. The molecule has 15 heavy (non-hydrogen) atoms. The van der Waals surface area contributed by atoms with Gasteiger partial charge in [0.1, 0.15) is 22.4 Å². The molecule has 0 aliphatic heterocycles. The molecule has 2 aromatic heterocycles. The van der Waals surface area contributed by atoms with Crippen LogP contribution in [0.1, 0.15) is 5.82 Å². The van der Waals surface area contributed by atoms with Crippen LogP contribution in [0.3, 0.4) is 0 Å². The van der Waals surface area contributed by atoms with Crippen LogP contribution >= 0.6 is 15.9 Å². The lowest BCUT2D eigenvalue weighted by atomic mass is 10.5. The third kappa shape index (κ3) is 2.21. The van der Waals surface area contributed by atoms with Crippen molar-refractivity contribution in [3.8, 4) is 0 Å². The molecule has 0 spiro atoms. The zero-order chi connectivity index (χ0) is 10.7. The fourth-order valence-corrected chi connectivity index (χ4v) is 1.35. The van der Waals surface area contributed by atoms with Gasteiger partial charge in [-0.3, -0.25) is 9.89 Å². The highest BCUT2D eigenvalue weighted by Gasteiger charge is 2.04. The van der Waals surface area contributed by atoms with Crippen molar-refractivity contribution in [1.29, 1.82) is 0 Å². The van der Waals surface area contributed by atoms with Gasteiger partial charge in [-0.1, -0.05) is 0 Å². The van der Waals surface area contributed by atoms with Crippen molar-refractivity contribution in [1.82, 2.24) is 25.1 Å². The summed E-state index contributed by atoms with van der Waals surface area (Å²) in [5, 5.41) is 9.33. The Balaban J connectivity index is 2.12. The SMILES string of the molecule is O=c1[nH]cnc(NCc2ncn[nH]2)c1Br. The molecule has 7 nitrogen and oxygen atoms in total. The van der Waals surface area contributed by atoms with Gasteiger partial charge in [0.15, 0.2) is 0 Å². The molecule has 2 aromatic rings. The van der Waals surface area contributed by atoms with Crippen molar-refractivity contribution < 1.29 is 0 Å². The second-order valence-corrected chi connectivity index (χ2v) is 3.47. The zero-order valence-corrected chi connectivity index (χ0v) is 9.08. The fourth-order valence-electron chi connectivity index (χ4n) is 0.990. The van der Waals surface area contributed by atoms with E-state index in [9.17, 15) is 4.79 Å². The summed E-state index contributed by atoms with van der Waals surface area (Å²) in [6.45, 7) is 0.426. The minimum atomic E-state index is -0.231. The van der Waals surface area contributed by atoms with Crippen LogP contribution < -0.4 is 10.9 Å². The summed E-state index contributed by atoms with van der Waals surface area (Å²) in [5.41, 5.74) is -0.231. The van der Waals surface area contributed by atoms with Gasteiger partial charge >= 0.3 is 0 Å². The highest BCUT2D eigenvalue weighted by atomic mass is 79.9. The van der Waals surface area contributed by atoms with E-state index in [1.165, 1.54) is 12.7 Å². The third-order valence-corrected chi connectivity index (χ3v) is 2.42. The van der Waals surface area contributed by atoms with Crippen LogP contribution in [-0.4, -0.2) is 25.1 Å². The van der Waals surface area contributed by atoms with Crippen molar-refractivity contribution in [3.05, 3.63) is 33.3 Å². The molecule has 8 heteroatoms. The largest absolute Gasteiger partial charge is 0.362 e. The lowest BCUT2D eigenvalue weighted by Crippen LogP contribution is -2.12. The number of nitrogens with zero attached hydrogens (tertiary/aromatic N) is 3. The first-order valence-electron chi connectivity index (χ1n) is 4.08. The van der Waals surface area contributed by atoms with Crippen LogP contribution in [0, 0.1) is 0 Å². The van der Waals surface area contributed by atoms with Gasteiger partial charge in [0.05, 0.1) is 12.9 Å². The highest BCUT2D eigenvalue weighted by molar-refractivity contribution is 9.10. The number of halogens is 1. The van der Waals surface area contributed by atoms with Gasteiger partial charge in [0.25, 0.3) is 5.56 Å². The van der Waals surface area contributed by atoms with Gasteiger partial charge < -0.3 is 10.3 Å². The van der Waals surface area contributed by atoms with Crippen LogP contribution in [0.15, 0.2) is 21.9 Å². The Kier molecular flexibility index (Phi) is 2.77. The van der Waals surface area contributed by atoms with Crippen molar-refractivity contribution in [2.45, 2.75) is 6.54 Å². The maximum atomic E-state index is 11.2. The van der Waals surface area contributed by atoms with E-state index in [1.54, 1.807) is 0 Å². The predicted octanol–water partition coefficient (Wildman–Crippen LogP) is 0.263. The molecule has 2 heterocycles. The highest BCUT2D eigenvalue weighted by Crippen LogP contribution is 2.13. The van der Waals surface area contributed by atoms with Crippen LogP contribution in [-0.2, 0) is 6.54 Å². The molecule has 2 rings (SSSR count). The summed E-state index contributed by atoms with van der Waals surface area (Å²) in [5.74, 6) is 1.14. The number of aromatic amines is 2. The number of nitrogens with one attached hydrogen (secondary N) is 3. The van der Waals surface area contributed by atoms with Gasteiger partial charge in [-0.15, -0.1) is 0 Å². The standard InChI is InChI=1S/C7H7BrN6O/c8-5-6(11-2-12-7(5)15)9-1-4-10-3-13-14-4/h2-3H,1H2,(H,10,13,14)(H2,9,11,12,15). The van der Waals surface area contributed by atoms with E-state index in [0.717, 1.165) is 0 Å². The van der Waals surface area contributed by atoms with E-state index >= 15 is 0 Å². The smallest absolute Gasteiger partial charge is 0.267 e. The number of aromatic nitrogens is 5. The summed E-state index contributed by atoms with van der Waals surface area (Å²) in [4.78, 5) is 21.5. The Morgan fingerprint density at radius 3 is 3.07 bits per heavy atom. The molecular formula is C7H7BrN6O. The van der Waals surface area contributed by atoms with E-state index in [0.29, 0.717) is 22.7 Å². The molecule has 0 aliphatic rings. The number of hydrogen-bond donors (Lipinski definition) is 3. The Morgan fingerprint density at radius 1 is 1.47 bits per heavy atom. The summed E-state index contributed by atoms with van der Waals surface area (Å²) in [6.07, 6.45) is 2.74. The molecule has 0 saturated heterocycles. The average Bonchev–Trinajstić information content (AvgIpc) is 2.73. The van der Waals surface area contributed by atoms with Crippen molar-refractivity contribution in [2.75, 3.05) is 5.32 Å². The van der Waals surface area contributed by atoms with E-state index in [1.807, 2.05) is 0 Å². The monoisotopic (exact) mass is 270 g/mol. The van der Waals surface area contributed by atoms with E-state index in [4.69, 9.17) is 0 Å². The van der Waals surface area contributed by atoms with E-state index in [2.05, 4.69) is 46.4 Å². The van der Waals surface area contributed by atoms with Crippen LogP contribution in [0.4, 0.5) is 5.82 Å². The first kappa shape index (κ1) is 9.84. The average molecular weight is 271 g/mol. The van der Waals surface area contributed by atoms with Crippen molar-refractivity contribution in [3.63, 3.8) is 0 Å². The van der Waals surface area contributed by atoms with Crippen LogP contribution in [0.5, 0.6) is 0 Å². The number of hydrogen-bond acceptors (Lipinski definition) is 5. The van der Waals surface area contributed by atoms with Crippen molar-refractivity contribution in [2.24, 2.45) is 0 Å². The molecule has 0 unspecified atom stereocenters. The molecule has 0 atom stereocenters. The molecule has 0 bridgehead atoms. The first-order valence-corrected chi connectivity index (χ1v) is 4.88. The van der Waals surface area contributed by atoms with Gasteiger partial charge in [0, 0.05) is 0 Å². The van der Waals surface area contributed by atoms with Gasteiger partial charge in [-0.05, 0) is 15.9 Å². The predicted molar refractivity (Wildman–Crippen MR) is 56.3 cm³/mol. The molecule has 0 amide bonds. The minimum Gasteiger partial charge on any atom is -0.362 e. The summed E-state index contributed by atoms with van der Waals surface area (Å²) in [7, 11) is 0. The van der Waals surface area contributed by atoms with Crippen LogP contribution in [0.25, 0.3) is 0 Å². The third-order valence-electron chi connectivity index (χ3n) is 1.68. The molecule has 0 aliphatic carbocycles. The van der Waals surface area contributed by atoms with Gasteiger partial charge in [0.2, 0.25) is 0 Å². The summed E-state index contributed by atoms with van der Waals surface area (Å²) < 4.78 is 0.365. The topological polar surface area (TPSA) is 99.3 Å². The Hall–Kier alpha value is -1.70. The van der Waals surface area contributed by atoms with E-state index in [-0.39, 0.29) is 5.56 Å². The molecule has 0 saturated carbocycles. The molecule has 0 fully saturated rings. The molecule has 0 aromatic carbocycles.